The van der Waals surface area contributed by atoms with Crippen LogP contribution in [0.5, 0.6) is 0 Å². The zero-order valence-electron chi connectivity index (χ0n) is 18.8. The Labute approximate surface area is 189 Å². The Morgan fingerprint density at radius 2 is 1.47 bits per heavy atom. The Hall–Kier alpha value is -2.23. The molecule has 1 amide bonds. The highest BCUT2D eigenvalue weighted by atomic mass is 32.2. The number of hydrogen-bond acceptors (Lipinski definition) is 3. The largest absolute Gasteiger partial charge is 0.336 e. The van der Waals surface area contributed by atoms with E-state index < -0.39 is 10.2 Å². The quantitative estimate of drug-likeness (QED) is 0.701. The van der Waals surface area contributed by atoms with Gasteiger partial charge in [0.2, 0.25) is 0 Å². The third-order valence-electron chi connectivity index (χ3n) is 6.50. The van der Waals surface area contributed by atoms with Gasteiger partial charge in [0.1, 0.15) is 5.82 Å². The zero-order valence-corrected chi connectivity index (χ0v) is 19.6. The van der Waals surface area contributed by atoms with Crippen molar-refractivity contribution in [1.29, 1.82) is 0 Å². The molecule has 3 heterocycles. The molecule has 2 saturated heterocycles. The molecule has 0 aliphatic carbocycles. The fraction of sp³-hybridized carbons (Fsp3) is 0.522. The summed E-state index contributed by atoms with van der Waals surface area (Å²) in [6.07, 6.45) is 3.93. The molecule has 0 bridgehead atoms. The molecule has 0 unspecified atom stereocenters. The average Bonchev–Trinajstić information content (AvgIpc) is 2.96. The van der Waals surface area contributed by atoms with Gasteiger partial charge >= 0.3 is 0 Å². The SMILES string of the molecule is Cc1cc(C(=O)N2CCN(S(=O)(=O)N3CCCCCC3)CC2)c(C)n1-c1ccccc1F. The lowest BCUT2D eigenvalue weighted by atomic mass is 10.2. The van der Waals surface area contributed by atoms with Crippen LogP contribution >= 0.6 is 0 Å². The van der Waals surface area contributed by atoms with Crippen molar-refractivity contribution in [2.24, 2.45) is 0 Å². The molecular formula is C23H31FN4O3S. The predicted molar refractivity (Wildman–Crippen MR) is 122 cm³/mol. The number of halogens is 1. The number of rotatable bonds is 4. The van der Waals surface area contributed by atoms with E-state index in [9.17, 15) is 17.6 Å². The van der Waals surface area contributed by atoms with Gasteiger partial charge in [-0.15, -0.1) is 0 Å². The van der Waals surface area contributed by atoms with Gasteiger partial charge in [0, 0.05) is 50.7 Å². The van der Waals surface area contributed by atoms with Crippen molar-refractivity contribution in [3.63, 3.8) is 0 Å². The molecule has 1 aromatic heterocycles. The highest BCUT2D eigenvalue weighted by molar-refractivity contribution is 7.86. The summed E-state index contributed by atoms with van der Waals surface area (Å²) in [6, 6.07) is 8.28. The number of aryl methyl sites for hydroxylation is 1. The zero-order chi connectivity index (χ0) is 22.9. The normalized spacial score (nSPS) is 19.2. The van der Waals surface area contributed by atoms with Crippen LogP contribution in [0.15, 0.2) is 30.3 Å². The van der Waals surface area contributed by atoms with Crippen LogP contribution in [0.3, 0.4) is 0 Å². The van der Waals surface area contributed by atoms with Crippen LogP contribution in [0, 0.1) is 19.7 Å². The summed E-state index contributed by atoms with van der Waals surface area (Å²) in [5.74, 6) is -0.492. The molecule has 2 fully saturated rings. The van der Waals surface area contributed by atoms with Crippen molar-refractivity contribution in [2.75, 3.05) is 39.3 Å². The Bertz CT molecular complexity index is 1080. The molecule has 0 atom stereocenters. The van der Waals surface area contributed by atoms with E-state index in [4.69, 9.17) is 0 Å². The van der Waals surface area contributed by atoms with Crippen LogP contribution in [0.25, 0.3) is 5.69 Å². The molecule has 1 aromatic carbocycles. The summed E-state index contributed by atoms with van der Waals surface area (Å²) in [7, 11) is -3.49. The third kappa shape index (κ3) is 4.33. The van der Waals surface area contributed by atoms with Crippen LogP contribution in [0.1, 0.15) is 47.4 Å². The number of hydrogen-bond donors (Lipinski definition) is 0. The van der Waals surface area contributed by atoms with Gasteiger partial charge in [-0.3, -0.25) is 4.79 Å². The summed E-state index contributed by atoms with van der Waals surface area (Å²) in [4.78, 5) is 14.9. The van der Waals surface area contributed by atoms with E-state index in [0.29, 0.717) is 43.1 Å². The first-order valence-corrected chi connectivity index (χ1v) is 12.7. The maximum atomic E-state index is 14.4. The summed E-state index contributed by atoms with van der Waals surface area (Å²) < 4.78 is 45.3. The molecule has 0 saturated carbocycles. The monoisotopic (exact) mass is 462 g/mol. The lowest BCUT2D eigenvalue weighted by molar-refractivity contribution is 0.0693. The van der Waals surface area contributed by atoms with Crippen molar-refractivity contribution in [1.82, 2.24) is 18.1 Å². The minimum absolute atomic E-state index is 0.146. The second-order valence-corrected chi connectivity index (χ2v) is 10.5. The van der Waals surface area contributed by atoms with Crippen LogP contribution in [0.4, 0.5) is 4.39 Å². The number of piperazine rings is 1. The minimum Gasteiger partial charge on any atom is -0.336 e. The number of para-hydroxylation sites is 1. The molecular weight excluding hydrogens is 431 g/mol. The number of carbonyl (C=O) groups is 1. The first kappa shape index (κ1) is 22.9. The van der Waals surface area contributed by atoms with E-state index >= 15 is 0 Å². The molecule has 4 rings (SSSR count). The van der Waals surface area contributed by atoms with Crippen LogP contribution in [-0.4, -0.2) is 71.7 Å². The van der Waals surface area contributed by atoms with Gasteiger partial charge in [0.25, 0.3) is 16.1 Å². The summed E-state index contributed by atoms with van der Waals surface area (Å²) in [6.45, 7) is 6.07. The average molecular weight is 463 g/mol. The summed E-state index contributed by atoms with van der Waals surface area (Å²) in [5, 5.41) is 0. The maximum Gasteiger partial charge on any atom is 0.282 e. The Kier molecular flexibility index (Phi) is 6.69. The van der Waals surface area contributed by atoms with Gasteiger partial charge in [-0.1, -0.05) is 25.0 Å². The number of carbonyl (C=O) groups excluding carboxylic acids is 1. The van der Waals surface area contributed by atoms with E-state index in [1.165, 1.54) is 10.4 Å². The molecule has 2 aliphatic rings. The van der Waals surface area contributed by atoms with Crippen molar-refractivity contribution >= 4 is 16.1 Å². The van der Waals surface area contributed by atoms with E-state index in [2.05, 4.69) is 0 Å². The van der Waals surface area contributed by atoms with Crippen molar-refractivity contribution in [3.8, 4) is 5.69 Å². The maximum absolute atomic E-state index is 14.4. The first-order valence-electron chi connectivity index (χ1n) is 11.3. The van der Waals surface area contributed by atoms with E-state index in [-0.39, 0.29) is 24.8 Å². The number of amides is 1. The minimum atomic E-state index is -3.49. The first-order chi connectivity index (χ1) is 15.3. The van der Waals surface area contributed by atoms with Crippen LogP contribution in [-0.2, 0) is 10.2 Å². The molecule has 2 aromatic rings. The lowest BCUT2D eigenvalue weighted by Gasteiger charge is -2.36. The molecule has 0 radical (unpaired) electrons. The Balaban J connectivity index is 1.47. The molecule has 9 heteroatoms. The van der Waals surface area contributed by atoms with Gasteiger partial charge < -0.3 is 9.47 Å². The summed E-state index contributed by atoms with van der Waals surface area (Å²) >= 11 is 0. The number of benzene rings is 1. The molecule has 2 aliphatic heterocycles. The molecule has 174 valence electrons. The van der Waals surface area contributed by atoms with E-state index in [1.54, 1.807) is 38.0 Å². The van der Waals surface area contributed by atoms with Crippen LogP contribution in [0.2, 0.25) is 0 Å². The highest BCUT2D eigenvalue weighted by Gasteiger charge is 2.34. The number of nitrogens with zero attached hydrogens (tertiary/aromatic N) is 4. The summed E-state index contributed by atoms with van der Waals surface area (Å²) in [5.41, 5.74) is 2.39. The fourth-order valence-electron chi connectivity index (χ4n) is 4.71. The van der Waals surface area contributed by atoms with Gasteiger partial charge in [-0.2, -0.15) is 17.0 Å². The molecule has 0 spiro atoms. The second-order valence-electron chi connectivity index (χ2n) is 8.58. The van der Waals surface area contributed by atoms with Crippen molar-refractivity contribution in [2.45, 2.75) is 39.5 Å². The van der Waals surface area contributed by atoms with Gasteiger partial charge in [-0.05, 0) is 44.9 Å². The van der Waals surface area contributed by atoms with Crippen LogP contribution < -0.4 is 0 Å². The van der Waals surface area contributed by atoms with Crippen molar-refractivity contribution in [3.05, 3.63) is 53.1 Å². The molecule has 7 nitrogen and oxygen atoms in total. The molecule has 0 N–H and O–H groups in total. The Morgan fingerprint density at radius 1 is 0.875 bits per heavy atom. The van der Waals surface area contributed by atoms with Crippen molar-refractivity contribution < 1.29 is 17.6 Å². The highest BCUT2D eigenvalue weighted by Crippen LogP contribution is 2.25. The second kappa shape index (κ2) is 9.33. The van der Waals surface area contributed by atoms with Gasteiger partial charge in [0.15, 0.2) is 0 Å². The van der Waals surface area contributed by atoms with Gasteiger partial charge in [0.05, 0.1) is 11.3 Å². The van der Waals surface area contributed by atoms with E-state index in [0.717, 1.165) is 31.4 Å². The standard InChI is InChI=1S/C23H31FN4O3S/c1-18-17-20(19(2)28(18)22-10-6-5-9-21(22)24)23(29)25-13-15-27(16-14-25)32(30,31)26-11-7-3-4-8-12-26/h5-6,9-10,17H,3-4,7-8,11-16H2,1-2H3. The fourth-order valence-corrected chi connectivity index (χ4v) is 6.38. The Morgan fingerprint density at radius 3 is 2.09 bits per heavy atom. The lowest BCUT2D eigenvalue weighted by Crippen LogP contribution is -2.54. The smallest absolute Gasteiger partial charge is 0.282 e. The van der Waals surface area contributed by atoms with Gasteiger partial charge in [-0.25, -0.2) is 4.39 Å². The third-order valence-corrected chi connectivity index (χ3v) is 8.53. The van der Waals surface area contributed by atoms with E-state index in [1.807, 2.05) is 13.8 Å². The number of aromatic nitrogens is 1. The molecule has 32 heavy (non-hydrogen) atoms. The topological polar surface area (TPSA) is 65.9 Å². The predicted octanol–water partition coefficient (Wildman–Crippen LogP) is 3.11.